The van der Waals surface area contributed by atoms with Gasteiger partial charge in [0.05, 0.1) is 16.9 Å². The van der Waals surface area contributed by atoms with E-state index in [1.165, 1.54) is 0 Å². The molecule has 1 saturated carbocycles. The minimum atomic E-state index is -0.122. The number of likely N-dealkylation sites (tertiary alicyclic amines) is 1. The van der Waals surface area contributed by atoms with E-state index >= 15 is 0 Å². The largest absolute Gasteiger partial charge is 0.332 e. The normalized spacial score (nSPS) is 22.0. The minimum Gasteiger partial charge on any atom is -0.332 e. The highest BCUT2D eigenvalue weighted by molar-refractivity contribution is 5.80. The first-order chi connectivity index (χ1) is 10.7. The Morgan fingerprint density at radius 3 is 2.77 bits per heavy atom. The summed E-state index contributed by atoms with van der Waals surface area (Å²) in [6, 6.07) is 7.26. The lowest BCUT2D eigenvalue weighted by atomic mass is 9.84. The van der Waals surface area contributed by atoms with Gasteiger partial charge in [-0.05, 0) is 37.8 Å². The summed E-state index contributed by atoms with van der Waals surface area (Å²) in [5, 5.41) is 0.598. The average molecular weight is 297 g/mol. The lowest BCUT2D eigenvalue weighted by molar-refractivity contribution is -0.139. The average Bonchev–Trinajstić information content (AvgIpc) is 2.95. The van der Waals surface area contributed by atoms with Crippen LogP contribution < -0.4 is 5.56 Å². The maximum absolute atomic E-state index is 12.6. The van der Waals surface area contributed by atoms with Crippen molar-refractivity contribution in [3.8, 4) is 0 Å². The first-order valence-corrected chi connectivity index (χ1v) is 8.03. The Labute approximate surface area is 128 Å². The van der Waals surface area contributed by atoms with Crippen molar-refractivity contribution >= 4 is 16.8 Å². The van der Waals surface area contributed by atoms with Crippen LogP contribution in [-0.2, 0) is 4.79 Å². The van der Waals surface area contributed by atoms with Crippen molar-refractivity contribution in [2.75, 3.05) is 6.54 Å². The molecule has 0 bridgehead atoms. The van der Waals surface area contributed by atoms with Crippen LogP contribution >= 0.6 is 0 Å². The van der Waals surface area contributed by atoms with E-state index < -0.39 is 0 Å². The molecule has 1 N–H and O–H groups in total. The van der Waals surface area contributed by atoms with Gasteiger partial charge in [0.15, 0.2) is 0 Å². The van der Waals surface area contributed by atoms with E-state index in [1.807, 2.05) is 23.1 Å². The molecule has 1 atom stereocenters. The molecule has 0 radical (unpaired) electrons. The summed E-state index contributed by atoms with van der Waals surface area (Å²) in [5.74, 6) is 1.06. The van der Waals surface area contributed by atoms with Gasteiger partial charge in [0.2, 0.25) is 5.91 Å². The summed E-state index contributed by atoms with van der Waals surface area (Å²) in [7, 11) is 0. The van der Waals surface area contributed by atoms with Crippen molar-refractivity contribution in [1.29, 1.82) is 0 Å². The van der Waals surface area contributed by atoms with Gasteiger partial charge in [-0.15, -0.1) is 0 Å². The molecule has 1 aliphatic carbocycles. The van der Waals surface area contributed by atoms with Crippen molar-refractivity contribution in [2.45, 2.75) is 38.1 Å². The first kappa shape index (κ1) is 13.5. The van der Waals surface area contributed by atoms with Gasteiger partial charge >= 0.3 is 0 Å². The second-order valence-corrected chi connectivity index (χ2v) is 6.29. The van der Waals surface area contributed by atoms with Crippen molar-refractivity contribution in [1.82, 2.24) is 14.9 Å². The molecule has 2 aliphatic rings. The van der Waals surface area contributed by atoms with Crippen molar-refractivity contribution < 1.29 is 4.79 Å². The molecule has 1 aliphatic heterocycles. The number of carbonyl (C=O) groups excluding carboxylic acids is 1. The second-order valence-electron chi connectivity index (χ2n) is 6.29. The number of rotatable bonds is 2. The molecule has 1 aromatic heterocycles. The highest BCUT2D eigenvalue weighted by Crippen LogP contribution is 2.36. The summed E-state index contributed by atoms with van der Waals surface area (Å²) in [6.07, 6.45) is 5.01. The summed E-state index contributed by atoms with van der Waals surface area (Å²) in [5.41, 5.74) is 0.577. The van der Waals surface area contributed by atoms with E-state index in [0.29, 0.717) is 16.7 Å². The number of hydrogen-bond donors (Lipinski definition) is 1. The fraction of sp³-hybridized carbons (Fsp3) is 0.471. The molecule has 5 heteroatoms. The van der Waals surface area contributed by atoms with Gasteiger partial charge in [-0.3, -0.25) is 9.59 Å². The molecule has 22 heavy (non-hydrogen) atoms. The molecule has 1 aromatic carbocycles. The fourth-order valence-electron chi connectivity index (χ4n) is 3.47. The number of para-hydroxylation sites is 1. The first-order valence-electron chi connectivity index (χ1n) is 8.03. The third kappa shape index (κ3) is 2.12. The van der Waals surface area contributed by atoms with Gasteiger partial charge in [-0.1, -0.05) is 18.6 Å². The molecule has 1 amide bonds. The second kappa shape index (κ2) is 5.23. The maximum Gasteiger partial charge on any atom is 0.258 e. The zero-order chi connectivity index (χ0) is 15.1. The Bertz CT molecular complexity index is 779. The molecule has 0 spiro atoms. The fourth-order valence-corrected chi connectivity index (χ4v) is 3.47. The van der Waals surface area contributed by atoms with Crippen LogP contribution in [0.15, 0.2) is 29.1 Å². The zero-order valence-corrected chi connectivity index (χ0v) is 12.4. The van der Waals surface area contributed by atoms with Crippen LogP contribution in [0.5, 0.6) is 0 Å². The Hall–Kier alpha value is -2.17. The lowest BCUT2D eigenvalue weighted by Gasteiger charge is -2.32. The molecule has 2 heterocycles. The SMILES string of the molecule is O=C(C1CCC1)N1CCCC1c1nc2ccccc2c(=O)[nH]1. The summed E-state index contributed by atoms with van der Waals surface area (Å²) in [6.45, 7) is 0.774. The molecule has 1 unspecified atom stereocenters. The number of nitrogens with one attached hydrogen (secondary N) is 1. The Balaban J connectivity index is 1.70. The highest BCUT2D eigenvalue weighted by atomic mass is 16.2. The third-order valence-electron chi connectivity index (χ3n) is 4.94. The van der Waals surface area contributed by atoms with Gasteiger partial charge in [-0.2, -0.15) is 0 Å². The number of fused-ring (bicyclic) bond motifs is 1. The van der Waals surface area contributed by atoms with Crippen molar-refractivity contribution in [3.63, 3.8) is 0 Å². The minimum absolute atomic E-state index is 0.0783. The van der Waals surface area contributed by atoms with E-state index in [-0.39, 0.29) is 23.4 Å². The van der Waals surface area contributed by atoms with Gasteiger partial charge < -0.3 is 9.88 Å². The predicted molar refractivity (Wildman–Crippen MR) is 83.4 cm³/mol. The van der Waals surface area contributed by atoms with Crippen LogP contribution in [0, 0.1) is 5.92 Å². The summed E-state index contributed by atoms with van der Waals surface area (Å²) >= 11 is 0. The molecular formula is C17H19N3O2. The van der Waals surface area contributed by atoms with Gasteiger partial charge in [0.1, 0.15) is 5.82 Å². The van der Waals surface area contributed by atoms with Crippen molar-refractivity contribution in [2.24, 2.45) is 5.92 Å². The third-order valence-corrected chi connectivity index (χ3v) is 4.94. The van der Waals surface area contributed by atoms with Crippen LogP contribution in [0.2, 0.25) is 0 Å². The Morgan fingerprint density at radius 2 is 2.00 bits per heavy atom. The van der Waals surface area contributed by atoms with Gasteiger partial charge in [0.25, 0.3) is 5.56 Å². The quantitative estimate of drug-likeness (QED) is 0.925. The lowest BCUT2D eigenvalue weighted by Crippen LogP contribution is -2.39. The van der Waals surface area contributed by atoms with E-state index in [9.17, 15) is 9.59 Å². The van der Waals surface area contributed by atoms with Crippen LogP contribution in [-0.4, -0.2) is 27.3 Å². The standard InChI is InChI=1S/C17H19N3O2/c21-16-12-7-1-2-8-13(12)18-15(19-16)14-9-4-10-20(14)17(22)11-5-3-6-11/h1-2,7-8,11,14H,3-6,9-10H2,(H,18,19,21). The number of H-pyrrole nitrogens is 1. The predicted octanol–water partition coefficient (Wildman–Crippen LogP) is 2.39. The number of aromatic nitrogens is 2. The monoisotopic (exact) mass is 297 g/mol. The Kier molecular flexibility index (Phi) is 3.21. The topological polar surface area (TPSA) is 66.1 Å². The van der Waals surface area contributed by atoms with Crippen molar-refractivity contribution in [3.05, 3.63) is 40.4 Å². The molecule has 1 saturated heterocycles. The summed E-state index contributed by atoms with van der Waals surface area (Å²) in [4.78, 5) is 34.2. The van der Waals surface area contributed by atoms with E-state index in [2.05, 4.69) is 9.97 Å². The highest BCUT2D eigenvalue weighted by Gasteiger charge is 2.37. The maximum atomic E-state index is 12.6. The van der Waals surface area contributed by atoms with E-state index in [1.54, 1.807) is 6.07 Å². The molecular weight excluding hydrogens is 278 g/mol. The molecule has 4 rings (SSSR count). The van der Waals surface area contributed by atoms with Crippen LogP contribution in [0.4, 0.5) is 0 Å². The number of amides is 1. The number of aromatic amines is 1. The van der Waals surface area contributed by atoms with E-state index in [0.717, 1.165) is 38.6 Å². The van der Waals surface area contributed by atoms with Crippen LogP contribution in [0.1, 0.15) is 44.0 Å². The zero-order valence-electron chi connectivity index (χ0n) is 12.4. The number of benzene rings is 1. The number of hydrogen-bond acceptors (Lipinski definition) is 3. The van der Waals surface area contributed by atoms with E-state index in [4.69, 9.17) is 0 Å². The number of nitrogens with zero attached hydrogens (tertiary/aromatic N) is 2. The molecule has 114 valence electrons. The number of carbonyl (C=O) groups is 1. The van der Waals surface area contributed by atoms with Crippen LogP contribution in [0.25, 0.3) is 10.9 Å². The van der Waals surface area contributed by atoms with Gasteiger partial charge in [0, 0.05) is 12.5 Å². The molecule has 2 aromatic rings. The van der Waals surface area contributed by atoms with Gasteiger partial charge in [-0.25, -0.2) is 4.98 Å². The summed E-state index contributed by atoms with van der Waals surface area (Å²) < 4.78 is 0. The Morgan fingerprint density at radius 1 is 1.18 bits per heavy atom. The molecule has 5 nitrogen and oxygen atoms in total. The smallest absolute Gasteiger partial charge is 0.258 e. The van der Waals surface area contributed by atoms with Crippen LogP contribution in [0.3, 0.4) is 0 Å². The molecule has 2 fully saturated rings.